The summed E-state index contributed by atoms with van der Waals surface area (Å²) in [4.78, 5) is 27.4. The van der Waals surface area contributed by atoms with Gasteiger partial charge in [0.1, 0.15) is 10.4 Å². The van der Waals surface area contributed by atoms with Gasteiger partial charge in [-0.2, -0.15) is 0 Å². The van der Waals surface area contributed by atoms with Gasteiger partial charge >= 0.3 is 0 Å². The lowest BCUT2D eigenvalue weighted by molar-refractivity contribution is -0.149. The number of nitrogens with zero attached hydrogens (tertiary/aromatic N) is 2. The maximum Gasteiger partial charge on any atom is 0.249 e. The minimum absolute atomic E-state index is 0.165. The van der Waals surface area contributed by atoms with Crippen molar-refractivity contribution in [3.63, 3.8) is 0 Å². The van der Waals surface area contributed by atoms with Crippen molar-refractivity contribution < 1.29 is 19.1 Å². The molecule has 3 aliphatic rings. The van der Waals surface area contributed by atoms with Crippen molar-refractivity contribution in [1.29, 1.82) is 0 Å². The molecule has 2 aliphatic heterocycles. The summed E-state index contributed by atoms with van der Waals surface area (Å²) in [6.45, 7) is 3.41. The van der Waals surface area contributed by atoms with Crippen LogP contribution < -0.4 is 4.90 Å². The van der Waals surface area contributed by atoms with Crippen molar-refractivity contribution >= 4 is 52.3 Å². The Morgan fingerprint density at radius 3 is 2.50 bits per heavy atom. The first-order valence-electron chi connectivity index (χ1n) is 9.13. The van der Waals surface area contributed by atoms with Crippen molar-refractivity contribution in [3.8, 4) is 0 Å². The molecule has 0 aromatic heterocycles. The third kappa shape index (κ3) is 3.10. The molecule has 1 aromatic carbocycles. The van der Waals surface area contributed by atoms with E-state index in [0.717, 1.165) is 11.3 Å². The number of likely N-dealkylation sites (N-methyl/N-ethyl adjacent to an activating group) is 1. The zero-order valence-corrected chi connectivity index (χ0v) is 17.9. The second-order valence-electron chi connectivity index (χ2n) is 7.59. The van der Waals surface area contributed by atoms with Crippen molar-refractivity contribution in [2.24, 2.45) is 0 Å². The molecule has 3 fully saturated rings. The summed E-state index contributed by atoms with van der Waals surface area (Å²) < 4.78 is 10.1. The molecule has 2 amide bonds. The first-order chi connectivity index (χ1) is 13.1. The Hall–Kier alpha value is -1.05. The molecule has 0 bridgehead atoms. The van der Waals surface area contributed by atoms with Gasteiger partial charge in [0.05, 0.1) is 13.2 Å². The number of carbonyl (C=O) groups excluding carboxylic acids is 2. The quantitative estimate of drug-likeness (QED) is 0.666. The first kappa shape index (κ1) is 20.2. The van der Waals surface area contributed by atoms with Crippen LogP contribution in [-0.4, -0.2) is 58.8 Å². The lowest BCUT2D eigenvalue weighted by Gasteiger charge is -2.27. The van der Waals surface area contributed by atoms with Gasteiger partial charge in [-0.05, 0) is 25.5 Å². The summed E-state index contributed by atoms with van der Waals surface area (Å²) >= 11 is 18.3. The average Bonchev–Trinajstić information content (AvgIpc) is 3.04. The number of hydrogen-bond donors (Lipinski definition) is 0. The Labute approximate surface area is 178 Å². The fourth-order valence-corrected chi connectivity index (χ4v) is 4.87. The van der Waals surface area contributed by atoms with Gasteiger partial charge in [-0.25, -0.2) is 0 Å². The molecule has 2 heterocycles. The maximum absolute atomic E-state index is 13.0. The van der Waals surface area contributed by atoms with Gasteiger partial charge in [0.2, 0.25) is 11.8 Å². The van der Waals surface area contributed by atoms with Crippen LogP contribution in [0.4, 0.5) is 5.69 Å². The number of ether oxygens (including phenoxy) is 2. The summed E-state index contributed by atoms with van der Waals surface area (Å²) in [5.74, 6) is -1.40. The van der Waals surface area contributed by atoms with Gasteiger partial charge in [0, 0.05) is 31.3 Å². The Bertz CT molecular complexity index is 827. The van der Waals surface area contributed by atoms with Crippen LogP contribution in [0.1, 0.15) is 25.3 Å². The molecular weight excluding hydrogens is 427 g/mol. The van der Waals surface area contributed by atoms with E-state index in [1.807, 2.05) is 31.2 Å². The van der Waals surface area contributed by atoms with Gasteiger partial charge in [-0.1, -0.05) is 35.3 Å². The van der Waals surface area contributed by atoms with E-state index in [0.29, 0.717) is 26.2 Å². The Morgan fingerprint density at radius 2 is 1.89 bits per heavy atom. The molecule has 0 spiro atoms. The Balaban J connectivity index is 1.51. The van der Waals surface area contributed by atoms with E-state index in [4.69, 9.17) is 44.3 Å². The molecule has 1 saturated carbocycles. The molecule has 2 unspecified atom stereocenters. The van der Waals surface area contributed by atoms with E-state index in [2.05, 4.69) is 0 Å². The van der Waals surface area contributed by atoms with Gasteiger partial charge in [0.15, 0.2) is 10.7 Å². The first-order valence-corrected chi connectivity index (χ1v) is 10.3. The summed E-state index contributed by atoms with van der Waals surface area (Å²) in [7, 11) is 1.57. The lowest BCUT2D eigenvalue weighted by Crippen LogP contribution is -2.47. The molecule has 2 saturated heterocycles. The SMILES string of the molecule is CN(C(=O)C1(Cl)CC1(Cl)Cl)C1CCN(c2cccc(C3(C)OCCO3)c2)C1=O. The standard InChI is InChI=1S/C19H21Cl3N2O4/c1-17(27-8-9-28-17)12-4-3-5-13(10-12)24-7-6-14(15(24)25)23(2)16(26)18(20)11-19(18,21)22/h3-5,10,14H,6-9,11H2,1-2H3. The molecule has 2 atom stereocenters. The highest BCUT2D eigenvalue weighted by molar-refractivity contribution is 6.62. The number of carbonyl (C=O) groups is 2. The van der Waals surface area contributed by atoms with Crippen LogP contribution in [0.3, 0.4) is 0 Å². The molecular formula is C19H21Cl3N2O4. The number of alkyl halides is 3. The van der Waals surface area contributed by atoms with Crippen LogP contribution in [0.2, 0.25) is 0 Å². The van der Waals surface area contributed by atoms with Crippen LogP contribution in [0.15, 0.2) is 24.3 Å². The highest BCUT2D eigenvalue weighted by atomic mass is 35.5. The molecule has 6 nitrogen and oxygen atoms in total. The van der Waals surface area contributed by atoms with E-state index >= 15 is 0 Å². The molecule has 28 heavy (non-hydrogen) atoms. The molecule has 152 valence electrons. The normalized spacial score (nSPS) is 30.5. The van der Waals surface area contributed by atoms with E-state index in [9.17, 15) is 9.59 Å². The van der Waals surface area contributed by atoms with Gasteiger partial charge in [0.25, 0.3) is 0 Å². The summed E-state index contributed by atoms with van der Waals surface area (Å²) in [5, 5.41) is 0. The number of halogens is 3. The summed E-state index contributed by atoms with van der Waals surface area (Å²) in [6, 6.07) is 6.92. The van der Waals surface area contributed by atoms with Crippen LogP contribution in [0, 0.1) is 0 Å². The van der Waals surface area contributed by atoms with E-state index < -0.39 is 26.9 Å². The number of anilines is 1. The smallest absolute Gasteiger partial charge is 0.249 e. The summed E-state index contributed by atoms with van der Waals surface area (Å²) in [6.07, 6.45) is 0.666. The zero-order valence-electron chi connectivity index (χ0n) is 15.6. The van der Waals surface area contributed by atoms with Crippen molar-refractivity contribution in [2.45, 2.75) is 40.8 Å². The van der Waals surface area contributed by atoms with Crippen LogP contribution in [0.5, 0.6) is 0 Å². The Kier molecular flexibility index (Phi) is 4.87. The molecule has 9 heteroatoms. The van der Waals surface area contributed by atoms with Crippen LogP contribution >= 0.6 is 34.8 Å². The fourth-order valence-electron chi connectivity index (χ4n) is 3.83. The lowest BCUT2D eigenvalue weighted by atomic mass is 10.1. The molecule has 1 aliphatic carbocycles. The number of benzene rings is 1. The highest BCUT2D eigenvalue weighted by Crippen LogP contribution is 2.62. The van der Waals surface area contributed by atoms with Gasteiger partial charge in [-0.15, -0.1) is 11.6 Å². The average molecular weight is 448 g/mol. The maximum atomic E-state index is 13.0. The van der Waals surface area contributed by atoms with Gasteiger partial charge < -0.3 is 19.3 Å². The Morgan fingerprint density at radius 1 is 1.25 bits per heavy atom. The van der Waals surface area contributed by atoms with Crippen LogP contribution in [0.25, 0.3) is 0 Å². The third-order valence-electron chi connectivity index (χ3n) is 5.74. The second-order valence-corrected chi connectivity index (χ2v) is 9.71. The van der Waals surface area contributed by atoms with Crippen molar-refractivity contribution in [3.05, 3.63) is 29.8 Å². The van der Waals surface area contributed by atoms with E-state index in [-0.39, 0.29) is 12.3 Å². The largest absolute Gasteiger partial charge is 0.344 e. The van der Waals surface area contributed by atoms with Crippen molar-refractivity contribution in [2.75, 3.05) is 31.7 Å². The number of hydrogen-bond acceptors (Lipinski definition) is 4. The summed E-state index contributed by atoms with van der Waals surface area (Å²) in [5.41, 5.74) is 1.58. The minimum atomic E-state index is -1.36. The fraction of sp³-hybridized carbons (Fsp3) is 0.579. The topological polar surface area (TPSA) is 59.1 Å². The monoisotopic (exact) mass is 446 g/mol. The number of rotatable bonds is 4. The minimum Gasteiger partial charge on any atom is -0.344 e. The second kappa shape index (κ2) is 6.74. The predicted molar refractivity (Wildman–Crippen MR) is 107 cm³/mol. The molecule has 0 radical (unpaired) electrons. The molecule has 1 aromatic rings. The van der Waals surface area contributed by atoms with E-state index in [1.54, 1.807) is 11.9 Å². The highest BCUT2D eigenvalue weighted by Gasteiger charge is 2.72. The van der Waals surface area contributed by atoms with Crippen LogP contribution in [-0.2, 0) is 24.8 Å². The third-order valence-corrected chi connectivity index (χ3v) is 7.47. The van der Waals surface area contributed by atoms with Crippen molar-refractivity contribution in [1.82, 2.24) is 4.90 Å². The molecule has 0 N–H and O–H groups in total. The number of amides is 2. The molecule has 4 rings (SSSR count). The zero-order chi connectivity index (χ0) is 20.3. The van der Waals surface area contributed by atoms with Gasteiger partial charge in [-0.3, -0.25) is 9.59 Å². The predicted octanol–water partition coefficient (Wildman–Crippen LogP) is 3.03. The van der Waals surface area contributed by atoms with E-state index in [1.165, 1.54) is 4.90 Å².